The summed E-state index contributed by atoms with van der Waals surface area (Å²) in [5.74, 6) is 0.440. The number of carbonyl (C=O) groups is 1. The minimum absolute atomic E-state index is 0.155. The van der Waals surface area contributed by atoms with E-state index in [1.165, 1.54) is 0 Å². The van der Waals surface area contributed by atoms with Gasteiger partial charge in [-0.15, -0.1) is 10.2 Å². The van der Waals surface area contributed by atoms with Crippen LogP contribution in [0.15, 0.2) is 12.7 Å². The van der Waals surface area contributed by atoms with Gasteiger partial charge in [-0.25, -0.2) is 4.79 Å². The number of likely N-dealkylation sites (tertiary alicyclic amines) is 1. The summed E-state index contributed by atoms with van der Waals surface area (Å²) >= 11 is 0. The van der Waals surface area contributed by atoms with Crippen molar-refractivity contribution >= 4 is 6.03 Å². The number of carbonyl (C=O) groups excluding carboxylic acids is 1. The van der Waals surface area contributed by atoms with Gasteiger partial charge in [-0.05, 0) is 25.7 Å². The number of ether oxygens (including phenoxy) is 1. The Labute approximate surface area is 130 Å². The Morgan fingerprint density at radius 1 is 1.14 bits per heavy atom. The summed E-state index contributed by atoms with van der Waals surface area (Å²) in [4.78, 5) is 16.8. The first-order valence-corrected chi connectivity index (χ1v) is 8.32. The fourth-order valence-corrected chi connectivity index (χ4v) is 4.17. The summed E-state index contributed by atoms with van der Waals surface area (Å²) in [6.45, 7) is 4.09. The van der Waals surface area contributed by atoms with Gasteiger partial charge in [0.1, 0.15) is 12.7 Å². The summed E-state index contributed by atoms with van der Waals surface area (Å²) < 4.78 is 8.05. The summed E-state index contributed by atoms with van der Waals surface area (Å²) in [6.07, 6.45) is 8.07. The van der Waals surface area contributed by atoms with Gasteiger partial charge in [0.2, 0.25) is 0 Å². The van der Waals surface area contributed by atoms with Crippen LogP contribution >= 0.6 is 0 Å². The van der Waals surface area contributed by atoms with Crippen LogP contribution in [-0.2, 0) is 11.3 Å². The van der Waals surface area contributed by atoms with Gasteiger partial charge >= 0.3 is 6.03 Å². The van der Waals surface area contributed by atoms with Crippen molar-refractivity contribution in [3.63, 3.8) is 0 Å². The van der Waals surface area contributed by atoms with Gasteiger partial charge in [0, 0.05) is 32.1 Å². The minimum Gasteiger partial charge on any atom is -0.374 e. The molecular weight excluding hydrogens is 282 g/mol. The molecule has 0 N–H and O–H groups in total. The normalized spacial score (nSPS) is 31.5. The number of rotatable bonds is 2. The zero-order valence-corrected chi connectivity index (χ0v) is 12.8. The zero-order valence-electron chi connectivity index (χ0n) is 12.8. The lowest BCUT2D eigenvalue weighted by molar-refractivity contribution is -0.0637. The number of morpholine rings is 1. The third-order valence-corrected chi connectivity index (χ3v) is 5.25. The first kappa shape index (κ1) is 14.0. The van der Waals surface area contributed by atoms with Gasteiger partial charge in [-0.2, -0.15) is 0 Å². The van der Waals surface area contributed by atoms with E-state index in [-0.39, 0.29) is 18.2 Å². The Morgan fingerprint density at radius 3 is 2.68 bits per heavy atom. The lowest BCUT2D eigenvalue weighted by Gasteiger charge is -2.40. The van der Waals surface area contributed by atoms with Crippen LogP contribution in [0.1, 0.15) is 25.7 Å². The number of hydrogen-bond acceptors (Lipinski definition) is 4. The van der Waals surface area contributed by atoms with Gasteiger partial charge < -0.3 is 19.1 Å². The molecule has 1 aromatic heterocycles. The summed E-state index contributed by atoms with van der Waals surface area (Å²) in [5.41, 5.74) is 0. The molecule has 3 aliphatic rings. The average molecular weight is 305 g/mol. The van der Waals surface area contributed by atoms with Crippen LogP contribution in [0.4, 0.5) is 4.79 Å². The molecule has 0 radical (unpaired) electrons. The number of urea groups is 1. The highest BCUT2D eigenvalue weighted by molar-refractivity contribution is 5.75. The fraction of sp³-hybridized carbons (Fsp3) is 0.800. The molecule has 2 aliphatic heterocycles. The van der Waals surface area contributed by atoms with Crippen molar-refractivity contribution < 1.29 is 9.53 Å². The molecule has 0 bridgehead atoms. The summed E-state index contributed by atoms with van der Waals surface area (Å²) in [7, 11) is 0. The second-order valence-electron chi connectivity index (χ2n) is 6.57. The van der Waals surface area contributed by atoms with E-state index >= 15 is 0 Å². The van der Waals surface area contributed by atoms with E-state index in [0.717, 1.165) is 51.9 Å². The average Bonchev–Trinajstić information content (AvgIpc) is 3.29. The number of fused-ring (bicyclic) bond motifs is 1. The molecule has 1 saturated carbocycles. The highest BCUT2D eigenvalue weighted by Gasteiger charge is 2.45. The smallest absolute Gasteiger partial charge is 0.320 e. The Hall–Kier alpha value is -1.63. The zero-order chi connectivity index (χ0) is 14.9. The van der Waals surface area contributed by atoms with Crippen molar-refractivity contribution in [1.82, 2.24) is 24.6 Å². The molecule has 120 valence electrons. The molecule has 0 aromatic carbocycles. The van der Waals surface area contributed by atoms with Crippen molar-refractivity contribution in [3.8, 4) is 0 Å². The molecule has 22 heavy (non-hydrogen) atoms. The predicted molar refractivity (Wildman–Crippen MR) is 79.2 cm³/mol. The SMILES string of the molecule is O=C(N1CCCC1)N1CCOC2C(Cn3cnnc3)CCC21. The van der Waals surface area contributed by atoms with Crippen LogP contribution < -0.4 is 0 Å². The third kappa shape index (κ3) is 2.47. The van der Waals surface area contributed by atoms with E-state index < -0.39 is 0 Å². The van der Waals surface area contributed by atoms with Crippen LogP contribution in [0, 0.1) is 5.92 Å². The second kappa shape index (κ2) is 5.87. The van der Waals surface area contributed by atoms with Crippen LogP contribution in [0.3, 0.4) is 0 Å². The maximum Gasteiger partial charge on any atom is 0.320 e. The summed E-state index contributed by atoms with van der Waals surface area (Å²) in [6, 6.07) is 0.462. The van der Waals surface area contributed by atoms with Crippen molar-refractivity contribution in [2.75, 3.05) is 26.2 Å². The van der Waals surface area contributed by atoms with E-state index in [1.54, 1.807) is 12.7 Å². The van der Waals surface area contributed by atoms with E-state index in [1.807, 2.05) is 9.47 Å². The lowest BCUT2D eigenvalue weighted by Crippen LogP contribution is -2.56. The Balaban J connectivity index is 1.45. The molecule has 7 nitrogen and oxygen atoms in total. The number of nitrogens with zero attached hydrogens (tertiary/aromatic N) is 5. The van der Waals surface area contributed by atoms with Crippen LogP contribution in [0.5, 0.6) is 0 Å². The van der Waals surface area contributed by atoms with Gasteiger partial charge in [0.15, 0.2) is 0 Å². The first-order chi connectivity index (χ1) is 10.8. The molecule has 4 rings (SSSR count). The van der Waals surface area contributed by atoms with Gasteiger partial charge in [0.05, 0.1) is 18.8 Å². The Morgan fingerprint density at radius 2 is 1.91 bits per heavy atom. The monoisotopic (exact) mass is 305 g/mol. The quantitative estimate of drug-likeness (QED) is 0.817. The van der Waals surface area contributed by atoms with E-state index in [0.29, 0.717) is 12.5 Å². The van der Waals surface area contributed by atoms with Crippen molar-refractivity contribution in [2.45, 2.75) is 44.4 Å². The molecule has 7 heteroatoms. The standard InChI is InChI=1S/C15H23N5O2/c21-15(19-5-1-2-6-19)20-7-8-22-14-12(3-4-13(14)20)9-18-10-16-17-11-18/h10-14H,1-9H2. The van der Waals surface area contributed by atoms with Gasteiger partial charge in [-0.3, -0.25) is 0 Å². The summed E-state index contributed by atoms with van der Waals surface area (Å²) in [5, 5.41) is 7.73. The molecule has 3 heterocycles. The Bertz CT molecular complexity index is 514. The highest BCUT2D eigenvalue weighted by Crippen LogP contribution is 2.36. The topological polar surface area (TPSA) is 63.5 Å². The second-order valence-corrected chi connectivity index (χ2v) is 6.57. The third-order valence-electron chi connectivity index (χ3n) is 5.25. The molecule has 3 fully saturated rings. The first-order valence-electron chi connectivity index (χ1n) is 8.32. The molecule has 0 spiro atoms. The fourth-order valence-electron chi connectivity index (χ4n) is 4.17. The number of amides is 2. The molecule has 2 saturated heterocycles. The maximum absolute atomic E-state index is 12.7. The maximum atomic E-state index is 12.7. The molecule has 2 amide bonds. The number of hydrogen-bond donors (Lipinski definition) is 0. The predicted octanol–water partition coefficient (Wildman–Crippen LogP) is 0.973. The van der Waals surface area contributed by atoms with Gasteiger partial charge in [0.25, 0.3) is 0 Å². The van der Waals surface area contributed by atoms with E-state index in [9.17, 15) is 4.79 Å². The molecule has 1 aromatic rings. The van der Waals surface area contributed by atoms with Crippen LogP contribution in [0.2, 0.25) is 0 Å². The Kier molecular flexibility index (Phi) is 3.73. The molecule has 3 atom stereocenters. The van der Waals surface area contributed by atoms with Crippen molar-refractivity contribution in [2.24, 2.45) is 5.92 Å². The van der Waals surface area contributed by atoms with E-state index in [4.69, 9.17) is 4.74 Å². The van der Waals surface area contributed by atoms with Crippen LogP contribution in [-0.4, -0.2) is 69.0 Å². The highest BCUT2D eigenvalue weighted by atomic mass is 16.5. The van der Waals surface area contributed by atoms with E-state index in [2.05, 4.69) is 15.1 Å². The van der Waals surface area contributed by atoms with Crippen molar-refractivity contribution in [1.29, 1.82) is 0 Å². The molecular formula is C15H23N5O2. The van der Waals surface area contributed by atoms with Crippen molar-refractivity contribution in [3.05, 3.63) is 12.7 Å². The van der Waals surface area contributed by atoms with Gasteiger partial charge in [-0.1, -0.05) is 0 Å². The lowest BCUT2D eigenvalue weighted by atomic mass is 10.0. The molecule has 1 aliphatic carbocycles. The minimum atomic E-state index is 0.155. The van der Waals surface area contributed by atoms with Crippen LogP contribution in [0.25, 0.3) is 0 Å². The molecule has 3 unspecified atom stereocenters. The number of aromatic nitrogens is 3. The largest absolute Gasteiger partial charge is 0.374 e.